The fourth-order valence-corrected chi connectivity index (χ4v) is 2.42. The first-order chi connectivity index (χ1) is 10.8. The molecule has 1 aromatic carbocycles. The van der Waals surface area contributed by atoms with Crippen molar-refractivity contribution < 1.29 is 22.8 Å². The number of rotatable bonds is 2. The number of anilines is 1. The lowest BCUT2D eigenvalue weighted by molar-refractivity contribution is -0.137. The van der Waals surface area contributed by atoms with Crippen LogP contribution < -0.4 is 10.6 Å². The van der Waals surface area contributed by atoms with Gasteiger partial charge in [0.15, 0.2) is 0 Å². The third-order valence-corrected chi connectivity index (χ3v) is 3.45. The van der Waals surface area contributed by atoms with E-state index in [0.717, 1.165) is 25.1 Å². The number of nitrogens with one attached hydrogen (secondary N) is 2. The lowest BCUT2D eigenvalue weighted by atomic mass is 10.1. The van der Waals surface area contributed by atoms with Crippen LogP contribution in [0.15, 0.2) is 18.2 Å². The summed E-state index contributed by atoms with van der Waals surface area (Å²) >= 11 is 0. The van der Waals surface area contributed by atoms with Crippen molar-refractivity contribution in [2.45, 2.75) is 19.5 Å². The summed E-state index contributed by atoms with van der Waals surface area (Å²) in [6, 6.07) is 2.92. The van der Waals surface area contributed by atoms with Gasteiger partial charge >= 0.3 is 6.18 Å². The van der Waals surface area contributed by atoms with E-state index in [1.54, 1.807) is 0 Å². The number of hydrogen-bond donors (Lipinski definition) is 2. The summed E-state index contributed by atoms with van der Waals surface area (Å²) in [5.74, 6) is -0.965. The lowest BCUT2D eigenvalue weighted by Crippen LogP contribution is -2.34. The number of alkyl halides is 3. The Balaban J connectivity index is 2.35. The topological polar surface area (TPSA) is 61.4 Å². The molecule has 1 saturated heterocycles. The molecule has 0 atom stereocenters. The minimum Gasteiger partial charge on any atom is -0.337 e. The summed E-state index contributed by atoms with van der Waals surface area (Å²) in [7, 11) is 0. The lowest BCUT2D eigenvalue weighted by Gasteiger charge is -2.21. The molecule has 0 unspecified atom stereocenters. The van der Waals surface area contributed by atoms with Crippen molar-refractivity contribution >= 4 is 17.5 Å². The molecule has 0 spiro atoms. The molecule has 1 heterocycles. The van der Waals surface area contributed by atoms with Gasteiger partial charge in [-0.05, 0) is 31.2 Å². The summed E-state index contributed by atoms with van der Waals surface area (Å²) in [5, 5.41) is 5.43. The average Bonchev–Trinajstić information content (AvgIpc) is 2.73. The maximum atomic E-state index is 13.0. The normalized spacial score (nSPS) is 15.9. The third kappa shape index (κ3) is 4.69. The van der Waals surface area contributed by atoms with Gasteiger partial charge in [0.1, 0.15) is 0 Å². The van der Waals surface area contributed by atoms with Crippen LogP contribution in [0, 0.1) is 0 Å². The van der Waals surface area contributed by atoms with Crippen molar-refractivity contribution in [1.82, 2.24) is 10.2 Å². The molecule has 1 aliphatic rings. The highest BCUT2D eigenvalue weighted by molar-refractivity contribution is 5.97. The number of nitrogens with zero attached hydrogens (tertiary/aromatic N) is 1. The summed E-state index contributed by atoms with van der Waals surface area (Å²) in [5.41, 5.74) is -1.07. The minimum atomic E-state index is -4.59. The smallest absolute Gasteiger partial charge is 0.337 e. The SMILES string of the molecule is CC(=O)Nc1cc(C(=O)N2CCCNCC2)cc(C(F)(F)F)c1. The molecule has 5 nitrogen and oxygen atoms in total. The molecule has 0 aliphatic carbocycles. The zero-order valence-corrected chi connectivity index (χ0v) is 12.7. The molecular formula is C15H18F3N3O2. The summed E-state index contributed by atoms with van der Waals surface area (Å²) in [6.07, 6.45) is -3.85. The molecule has 1 aliphatic heterocycles. The Kier molecular flexibility index (Phi) is 5.25. The van der Waals surface area contributed by atoms with Crippen LogP contribution in [0.3, 0.4) is 0 Å². The van der Waals surface area contributed by atoms with Crippen molar-refractivity contribution in [2.24, 2.45) is 0 Å². The van der Waals surface area contributed by atoms with Crippen LogP contribution in [0.5, 0.6) is 0 Å². The molecule has 0 bridgehead atoms. The molecule has 1 fully saturated rings. The largest absolute Gasteiger partial charge is 0.416 e. The summed E-state index contributed by atoms with van der Waals surface area (Å²) < 4.78 is 39.0. The molecule has 8 heteroatoms. The number of hydrogen-bond acceptors (Lipinski definition) is 3. The van der Waals surface area contributed by atoms with Crippen LogP contribution in [-0.4, -0.2) is 42.9 Å². The molecule has 0 aromatic heterocycles. The summed E-state index contributed by atoms with van der Waals surface area (Å²) in [4.78, 5) is 25.1. The number of carbonyl (C=O) groups is 2. The Morgan fingerprint density at radius 1 is 1.17 bits per heavy atom. The monoisotopic (exact) mass is 329 g/mol. The van der Waals surface area contributed by atoms with Gasteiger partial charge < -0.3 is 15.5 Å². The van der Waals surface area contributed by atoms with Gasteiger partial charge in [0.2, 0.25) is 5.91 Å². The quantitative estimate of drug-likeness (QED) is 0.873. The van der Waals surface area contributed by atoms with E-state index < -0.39 is 23.6 Å². The number of carbonyl (C=O) groups excluding carboxylic acids is 2. The Morgan fingerprint density at radius 2 is 1.91 bits per heavy atom. The predicted molar refractivity (Wildman–Crippen MR) is 79.1 cm³/mol. The van der Waals surface area contributed by atoms with Gasteiger partial charge in [0.05, 0.1) is 5.56 Å². The van der Waals surface area contributed by atoms with E-state index >= 15 is 0 Å². The van der Waals surface area contributed by atoms with Gasteiger partial charge in [-0.3, -0.25) is 9.59 Å². The molecule has 23 heavy (non-hydrogen) atoms. The highest BCUT2D eigenvalue weighted by Gasteiger charge is 2.32. The molecule has 0 saturated carbocycles. The van der Waals surface area contributed by atoms with Crippen LogP contribution in [0.4, 0.5) is 18.9 Å². The first kappa shape index (κ1) is 17.3. The second-order valence-electron chi connectivity index (χ2n) is 5.37. The molecule has 2 rings (SSSR count). The van der Waals surface area contributed by atoms with Gasteiger partial charge in [-0.15, -0.1) is 0 Å². The van der Waals surface area contributed by atoms with Crippen LogP contribution in [0.2, 0.25) is 0 Å². The van der Waals surface area contributed by atoms with E-state index in [0.29, 0.717) is 19.6 Å². The molecular weight excluding hydrogens is 311 g/mol. The first-order valence-electron chi connectivity index (χ1n) is 7.27. The second-order valence-corrected chi connectivity index (χ2v) is 5.37. The van der Waals surface area contributed by atoms with Crippen LogP contribution in [0.25, 0.3) is 0 Å². The molecule has 1 aromatic rings. The van der Waals surface area contributed by atoms with Gasteiger partial charge in [-0.25, -0.2) is 0 Å². The van der Waals surface area contributed by atoms with E-state index in [4.69, 9.17) is 0 Å². The standard InChI is InChI=1S/C15H18F3N3O2/c1-10(22)20-13-8-11(7-12(9-13)15(16,17)18)14(23)21-5-2-3-19-4-6-21/h7-9,19H,2-6H2,1H3,(H,20,22). The van der Waals surface area contributed by atoms with Crippen LogP contribution >= 0.6 is 0 Å². The van der Waals surface area contributed by atoms with Gasteiger partial charge in [-0.1, -0.05) is 0 Å². The Bertz CT molecular complexity index is 594. The molecule has 2 amide bonds. The van der Waals surface area contributed by atoms with Crippen molar-refractivity contribution in [2.75, 3.05) is 31.5 Å². The highest BCUT2D eigenvalue weighted by Crippen LogP contribution is 2.32. The maximum absolute atomic E-state index is 13.0. The number of amides is 2. The molecule has 0 radical (unpaired) electrons. The highest BCUT2D eigenvalue weighted by atomic mass is 19.4. The fraction of sp³-hybridized carbons (Fsp3) is 0.467. The van der Waals surface area contributed by atoms with Gasteiger partial charge in [-0.2, -0.15) is 13.2 Å². The van der Waals surface area contributed by atoms with Gasteiger partial charge in [0, 0.05) is 37.8 Å². The van der Waals surface area contributed by atoms with E-state index in [1.807, 2.05) is 0 Å². The van der Waals surface area contributed by atoms with Gasteiger partial charge in [0.25, 0.3) is 5.91 Å². The van der Waals surface area contributed by atoms with Crippen molar-refractivity contribution in [3.8, 4) is 0 Å². The third-order valence-electron chi connectivity index (χ3n) is 3.45. The minimum absolute atomic E-state index is 0.0383. The average molecular weight is 329 g/mol. The zero-order valence-electron chi connectivity index (χ0n) is 12.7. The number of benzene rings is 1. The molecule has 126 valence electrons. The van der Waals surface area contributed by atoms with Crippen molar-refractivity contribution in [1.29, 1.82) is 0 Å². The molecule has 2 N–H and O–H groups in total. The van der Waals surface area contributed by atoms with Crippen LogP contribution in [-0.2, 0) is 11.0 Å². The van der Waals surface area contributed by atoms with E-state index in [9.17, 15) is 22.8 Å². The van der Waals surface area contributed by atoms with Crippen LogP contribution in [0.1, 0.15) is 29.3 Å². The Labute approximate surface area is 131 Å². The second kappa shape index (κ2) is 6.99. The Morgan fingerprint density at radius 3 is 2.57 bits per heavy atom. The maximum Gasteiger partial charge on any atom is 0.416 e. The van der Waals surface area contributed by atoms with Crippen molar-refractivity contribution in [3.05, 3.63) is 29.3 Å². The van der Waals surface area contributed by atoms with Crippen molar-refractivity contribution in [3.63, 3.8) is 0 Å². The first-order valence-corrected chi connectivity index (χ1v) is 7.27. The fourth-order valence-electron chi connectivity index (χ4n) is 2.42. The number of halogens is 3. The Hall–Kier alpha value is -2.09. The summed E-state index contributed by atoms with van der Waals surface area (Å²) in [6.45, 7) is 3.48. The van der Waals surface area contributed by atoms with E-state index in [2.05, 4.69) is 10.6 Å². The predicted octanol–water partition coefficient (Wildman–Crippen LogP) is 2.10. The van der Waals surface area contributed by atoms with E-state index in [1.165, 1.54) is 17.9 Å². The zero-order chi connectivity index (χ0) is 17.0. The van der Waals surface area contributed by atoms with E-state index in [-0.39, 0.29) is 11.3 Å².